The van der Waals surface area contributed by atoms with Gasteiger partial charge in [-0.05, 0) is 32.3 Å². The summed E-state index contributed by atoms with van der Waals surface area (Å²) in [7, 11) is 3.82. The Balaban J connectivity index is 2.22. The minimum atomic E-state index is 0.128. The Hall–Kier alpha value is -1.59. The molecule has 0 aliphatic heterocycles. The van der Waals surface area contributed by atoms with Crippen LogP contribution in [0.15, 0.2) is 30.3 Å². The van der Waals surface area contributed by atoms with Crippen LogP contribution < -0.4 is 4.74 Å². The van der Waals surface area contributed by atoms with Crippen LogP contribution in [0.25, 0.3) is 0 Å². The van der Waals surface area contributed by atoms with Crippen molar-refractivity contribution >= 4 is 5.91 Å². The van der Waals surface area contributed by atoms with E-state index in [1.165, 1.54) is 0 Å². The maximum atomic E-state index is 12.2. The minimum absolute atomic E-state index is 0.128. The number of likely N-dealkylation sites (N-methyl/N-ethyl adjacent to an activating group) is 3. The number of hydrogen-bond acceptors (Lipinski definition) is 4. The number of rotatable bonds is 11. The van der Waals surface area contributed by atoms with Crippen LogP contribution in [0.2, 0.25) is 0 Å². The smallest absolute Gasteiger partial charge is 0.236 e. The molecular weight excluding hydrogens is 290 g/mol. The maximum Gasteiger partial charge on any atom is 0.236 e. The Labute approximate surface area is 140 Å². The standard InChI is InChI=1S/C18H31N3O2/c1-5-21(6-2)13-12-19(3)16-18(22)20(4)14-15-23-17-10-8-7-9-11-17/h7-11H,5-6,12-16H2,1-4H3. The van der Waals surface area contributed by atoms with Gasteiger partial charge in [0.2, 0.25) is 5.91 Å². The molecule has 0 heterocycles. The zero-order chi connectivity index (χ0) is 17.1. The first-order chi connectivity index (χ1) is 11.1. The van der Waals surface area contributed by atoms with Crippen LogP contribution in [-0.2, 0) is 4.79 Å². The monoisotopic (exact) mass is 321 g/mol. The lowest BCUT2D eigenvalue weighted by Gasteiger charge is -2.24. The highest BCUT2D eigenvalue weighted by Crippen LogP contribution is 2.07. The highest BCUT2D eigenvalue weighted by atomic mass is 16.5. The summed E-state index contributed by atoms with van der Waals surface area (Å²) in [6.07, 6.45) is 0. The predicted octanol–water partition coefficient (Wildman–Crippen LogP) is 1.80. The van der Waals surface area contributed by atoms with Crippen molar-refractivity contribution < 1.29 is 9.53 Å². The van der Waals surface area contributed by atoms with E-state index in [-0.39, 0.29) is 5.91 Å². The number of benzene rings is 1. The van der Waals surface area contributed by atoms with E-state index in [1.54, 1.807) is 4.90 Å². The van der Waals surface area contributed by atoms with Gasteiger partial charge in [-0.25, -0.2) is 0 Å². The SMILES string of the molecule is CCN(CC)CCN(C)CC(=O)N(C)CCOc1ccccc1. The molecule has 0 atom stereocenters. The van der Waals surface area contributed by atoms with Gasteiger partial charge in [-0.15, -0.1) is 0 Å². The summed E-state index contributed by atoms with van der Waals surface area (Å²) in [5.74, 6) is 0.966. The number of ether oxygens (including phenoxy) is 1. The van der Waals surface area contributed by atoms with Crippen LogP contribution in [-0.4, -0.2) is 80.6 Å². The van der Waals surface area contributed by atoms with Crippen molar-refractivity contribution in [2.24, 2.45) is 0 Å². The van der Waals surface area contributed by atoms with Crippen LogP contribution in [0.5, 0.6) is 5.75 Å². The molecule has 0 spiro atoms. The topological polar surface area (TPSA) is 36.0 Å². The molecule has 1 aromatic rings. The summed E-state index contributed by atoms with van der Waals surface area (Å²) in [6, 6.07) is 9.67. The molecule has 5 heteroatoms. The molecule has 1 rings (SSSR count). The lowest BCUT2D eigenvalue weighted by atomic mass is 10.3. The molecule has 0 aromatic heterocycles. The van der Waals surface area contributed by atoms with Crippen LogP contribution in [0.4, 0.5) is 0 Å². The second-order valence-electron chi connectivity index (χ2n) is 5.74. The molecule has 0 aliphatic carbocycles. The number of hydrogen-bond donors (Lipinski definition) is 0. The van der Waals surface area contributed by atoms with Gasteiger partial charge in [0.1, 0.15) is 12.4 Å². The summed E-state index contributed by atoms with van der Waals surface area (Å²) >= 11 is 0. The molecule has 0 fully saturated rings. The third-order valence-corrected chi connectivity index (χ3v) is 3.96. The van der Waals surface area contributed by atoms with E-state index in [0.29, 0.717) is 19.7 Å². The first-order valence-electron chi connectivity index (χ1n) is 8.39. The molecule has 5 nitrogen and oxygen atoms in total. The fourth-order valence-electron chi connectivity index (χ4n) is 2.22. The lowest BCUT2D eigenvalue weighted by Crippen LogP contribution is -2.41. The fourth-order valence-corrected chi connectivity index (χ4v) is 2.22. The highest BCUT2D eigenvalue weighted by Gasteiger charge is 2.12. The van der Waals surface area contributed by atoms with Gasteiger partial charge in [0.05, 0.1) is 13.1 Å². The van der Waals surface area contributed by atoms with Crippen LogP contribution in [0.1, 0.15) is 13.8 Å². The molecule has 1 aromatic carbocycles. The molecule has 0 unspecified atom stereocenters. The molecular formula is C18H31N3O2. The van der Waals surface area contributed by atoms with Gasteiger partial charge in [0, 0.05) is 20.1 Å². The fraction of sp³-hybridized carbons (Fsp3) is 0.611. The van der Waals surface area contributed by atoms with Gasteiger partial charge in [0.15, 0.2) is 0 Å². The van der Waals surface area contributed by atoms with E-state index in [4.69, 9.17) is 4.74 Å². The summed E-state index contributed by atoms with van der Waals surface area (Å²) in [4.78, 5) is 18.4. The van der Waals surface area contributed by atoms with Crippen molar-refractivity contribution in [3.8, 4) is 5.75 Å². The third kappa shape index (κ3) is 8.00. The van der Waals surface area contributed by atoms with E-state index >= 15 is 0 Å². The average Bonchev–Trinajstić information content (AvgIpc) is 2.56. The molecule has 23 heavy (non-hydrogen) atoms. The molecule has 0 saturated heterocycles. The van der Waals surface area contributed by atoms with E-state index < -0.39 is 0 Å². The highest BCUT2D eigenvalue weighted by molar-refractivity contribution is 5.77. The number of carbonyl (C=O) groups excluding carboxylic acids is 1. The Bertz CT molecular complexity index is 435. The lowest BCUT2D eigenvalue weighted by molar-refractivity contribution is -0.131. The van der Waals surface area contributed by atoms with Crippen LogP contribution >= 0.6 is 0 Å². The summed E-state index contributed by atoms with van der Waals surface area (Å²) in [5.41, 5.74) is 0. The number of amides is 1. The van der Waals surface area contributed by atoms with E-state index in [0.717, 1.165) is 31.9 Å². The van der Waals surface area contributed by atoms with Crippen molar-refractivity contribution in [3.05, 3.63) is 30.3 Å². The van der Waals surface area contributed by atoms with Crippen molar-refractivity contribution in [1.82, 2.24) is 14.7 Å². The first kappa shape index (κ1) is 19.5. The van der Waals surface area contributed by atoms with Gasteiger partial charge in [-0.1, -0.05) is 32.0 Å². The molecule has 0 aliphatic rings. The molecule has 0 bridgehead atoms. The summed E-state index contributed by atoms with van der Waals surface area (Å²) in [5, 5.41) is 0. The van der Waals surface area contributed by atoms with Gasteiger partial charge in [-0.3, -0.25) is 9.69 Å². The number of nitrogens with zero attached hydrogens (tertiary/aromatic N) is 3. The summed E-state index contributed by atoms with van der Waals surface area (Å²) in [6.45, 7) is 9.88. The van der Waals surface area contributed by atoms with Crippen molar-refractivity contribution in [3.63, 3.8) is 0 Å². The Morgan fingerprint density at radius 3 is 2.26 bits per heavy atom. The Kier molecular flexibility index (Phi) is 9.33. The zero-order valence-electron chi connectivity index (χ0n) is 15.0. The van der Waals surface area contributed by atoms with Crippen molar-refractivity contribution in [2.75, 3.05) is 60.0 Å². The van der Waals surface area contributed by atoms with E-state index in [2.05, 4.69) is 23.6 Å². The Morgan fingerprint density at radius 2 is 1.65 bits per heavy atom. The predicted molar refractivity (Wildman–Crippen MR) is 94.9 cm³/mol. The van der Waals surface area contributed by atoms with Gasteiger partial charge >= 0.3 is 0 Å². The largest absolute Gasteiger partial charge is 0.492 e. The first-order valence-corrected chi connectivity index (χ1v) is 8.39. The van der Waals surface area contributed by atoms with Gasteiger partial charge in [0.25, 0.3) is 0 Å². The van der Waals surface area contributed by atoms with Crippen LogP contribution in [0.3, 0.4) is 0 Å². The zero-order valence-corrected chi connectivity index (χ0v) is 15.0. The second-order valence-corrected chi connectivity index (χ2v) is 5.74. The quantitative estimate of drug-likeness (QED) is 0.623. The maximum absolute atomic E-state index is 12.2. The number of para-hydroxylation sites is 1. The average molecular weight is 321 g/mol. The van der Waals surface area contributed by atoms with Crippen molar-refractivity contribution in [1.29, 1.82) is 0 Å². The molecule has 1 amide bonds. The minimum Gasteiger partial charge on any atom is -0.492 e. The number of carbonyl (C=O) groups is 1. The summed E-state index contributed by atoms with van der Waals surface area (Å²) < 4.78 is 5.63. The molecule has 130 valence electrons. The second kappa shape index (κ2) is 11.0. The van der Waals surface area contributed by atoms with E-state index in [1.807, 2.05) is 44.4 Å². The van der Waals surface area contributed by atoms with Gasteiger partial charge < -0.3 is 14.5 Å². The normalized spacial score (nSPS) is 11.0. The van der Waals surface area contributed by atoms with Gasteiger partial charge in [-0.2, -0.15) is 0 Å². The molecule has 0 radical (unpaired) electrons. The molecule has 0 N–H and O–H groups in total. The van der Waals surface area contributed by atoms with Crippen LogP contribution in [0, 0.1) is 0 Å². The van der Waals surface area contributed by atoms with Crippen molar-refractivity contribution in [2.45, 2.75) is 13.8 Å². The molecule has 0 saturated carbocycles. The Morgan fingerprint density at radius 1 is 1.00 bits per heavy atom. The van der Waals surface area contributed by atoms with E-state index in [9.17, 15) is 4.79 Å². The third-order valence-electron chi connectivity index (χ3n) is 3.96.